The van der Waals surface area contributed by atoms with E-state index in [9.17, 15) is 4.39 Å². The molecule has 0 unspecified atom stereocenters. The molecule has 2 rings (SSSR count). The van der Waals surface area contributed by atoms with E-state index in [0.717, 1.165) is 5.56 Å². The molecule has 0 aliphatic heterocycles. The molecule has 0 fully saturated rings. The maximum atomic E-state index is 14.3. The molecule has 0 atom stereocenters. The van der Waals surface area contributed by atoms with E-state index in [0.29, 0.717) is 10.9 Å². The van der Waals surface area contributed by atoms with Crippen LogP contribution in [0.25, 0.3) is 10.9 Å². The van der Waals surface area contributed by atoms with Crippen LogP contribution in [0.4, 0.5) is 4.39 Å². The molecule has 0 radical (unpaired) electrons. The summed E-state index contributed by atoms with van der Waals surface area (Å²) < 4.78 is 19.3. The maximum absolute atomic E-state index is 14.3. The third kappa shape index (κ3) is 1.97. The van der Waals surface area contributed by atoms with E-state index in [2.05, 4.69) is 25.8 Å². The standard InChI is InChI=1S/C14H16FNO/c1-14(2,3)9-7-8-16-10-5-6-11(17-4)13(15)12(9)10/h5-8H,1-4H3. The van der Waals surface area contributed by atoms with Crippen molar-refractivity contribution in [3.05, 3.63) is 35.8 Å². The summed E-state index contributed by atoms with van der Waals surface area (Å²) in [5, 5.41) is 0.555. The molecule has 0 amide bonds. The van der Waals surface area contributed by atoms with Crippen molar-refractivity contribution in [1.82, 2.24) is 4.98 Å². The summed E-state index contributed by atoms with van der Waals surface area (Å²) in [4.78, 5) is 4.20. The van der Waals surface area contributed by atoms with Crippen molar-refractivity contribution in [3.8, 4) is 5.75 Å². The Kier molecular flexibility index (Phi) is 2.77. The van der Waals surface area contributed by atoms with E-state index in [-0.39, 0.29) is 17.0 Å². The summed E-state index contributed by atoms with van der Waals surface area (Å²) in [6.07, 6.45) is 1.72. The lowest BCUT2D eigenvalue weighted by Gasteiger charge is -2.21. The Morgan fingerprint density at radius 1 is 1.18 bits per heavy atom. The first-order chi connectivity index (χ1) is 7.95. The molecule has 17 heavy (non-hydrogen) atoms. The van der Waals surface area contributed by atoms with Crippen LogP contribution in [0.15, 0.2) is 24.4 Å². The fourth-order valence-electron chi connectivity index (χ4n) is 1.97. The van der Waals surface area contributed by atoms with Crippen molar-refractivity contribution in [3.63, 3.8) is 0 Å². The second-order valence-corrected chi connectivity index (χ2v) is 5.08. The molecule has 90 valence electrons. The van der Waals surface area contributed by atoms with Crippen LogP contribution in [0, 0.1) is 5.82 Å². The van der Waals surface area contributed by atoms with Crippen molar-refractivity contribution in [2.75, 3.05) is 7.11 Å². The van der Waals surface area contributed by atoms with Crippen molar-refractivity contribution < 1.29 is 9.13 Å². The molecule has 1 aromatic carbocycles. The van der Waals surface area contributed by atoms with E-state index in [1.165, 1.54) is 7.11 Å². The first kappa shape index (κ1) is 11.8. The lowest BCUT2D eigenvalue weighted by atomic mass is 9.85. The fourth-order valence-corrected chi connectivity index (χ4v) is 1.97. The second kappa shape index (κ2) is 3.99. The van der Waals surface area contributed by atoms with E-state index < -0.39 is 0 Å². The summed E-state index contributed by atoms with van der Waals surface area (Å²) in [6, 6.07) is 5.26. The van der Waals surface area contributed by atoms with Crippen LogP contribution in [0.1, 0.15) is 26.3 Å². The normalized spacial score (nSPS) is 11.8. The van der Waals surface area contributed by atoms with Gasteiger partial charge in [-0.2, -0.15) is 0 Å². The molecule has 0 saturated heterocycles. The van der Waals surface area contributed by atoms with Gasteiger partial charge in [0.15, 0.2) is 11.6 Å². The zero-order valence-corrected chi connectivity index (χ0v) is 10.5. The lowest BCUT2D eigenvalue weighted by molar-refractivity contribution is 0.388. The smallest absolute Gasteiger partial charge is 0.174 e. The van der Waals surface area contributed by atoms with E-state index in [1.807, 2.05) is 6.07 Å². The largest absolute Gasteiger partial charge is 0.494 e. The van der Waals surface area contributed by atoms with Gasteiger partial charge in [-0.3, -0.25) is 4.98 Å². The molecule has 0 aliphatic rings. The minimum Gasteiger partial charge on any atom is -0.494 e. The van der Waals surface area contributed by atoms with Crippen LogP contribution < -0.4 is 4.74 Å². The molecular formula is C14H16FNO. The topological polar surface area (TPSA) is 22.1 Å². The number of rotatable bonds is 1. The first-order valence-corrected chi connectivity index (χ1v) is 5.57. The Labute approximate surface area is 100 Å². The van der Waals surface area contributed by atoms with Crippen molar-refractivity contribution in [2.45, 2.75) is 26.2 Å². The Morgan fingerprint density at radius 3 is 2.47 bits per heavy atom. The number of benzene rings is 1. The van der Waals surface area contributed by atoms with Gasteiger partial charge in [0, 0.05) is 11.6 Å². The van der Waals surface area contributed by atoms with Crippen molar-refractivity contribution >= 4 is 10.9 Å². The third-order valence-corrected chi connectivity index (χ3v) is 2.84. The number of methoxy groups -OCH3 is 1. The Balaban J connectivity index is 2.86. The molecule has 0 spiro atoms. The van der Waals surface area contributed by atoms with Gasteiger partial charge in [0.2, 0.25) is 0 Å². The minimum absolute atomic E-state index is 0.131. The van der Waals surface area contributed by atoms with Gasteiger partial charge in [0.1, 0.15) is 0 Å². The third-order valence-electron chi connectivity index (χ3n) is 2.84. The van der Waals surface area contributed by atoms with Crippen LogP contribution in [0.2, 0.25) is 0 Å². The zero-order valence-electron chi connectivity index (χ0n) is 10.5. The molecule has 0 aliphatic carbocycles. The highest BCUT2D eigenvalue weighted by atomic mass is 19.1. The summed E-state index contributed by atoms with van der Waals surface area (Å²) in [7, 11) is 1.47. The maximum Gasteiger partial charge on any atom is 0.174 e. The van der Waals surface area contributed by atoms with Crippen LogP contribution >= 0.6 is 0 Å². The number of hydrogen-bond acceptors (Lipinski definition) is 2. The van der Waals surface area contributed by atoms with Crippen LogP contribution in [0.5, 0.6) is 5.75 Å². The first-order valence-electron chi connectivity index (χ1n) is 5.57. The number of ether oxygens (including phenoxy) is 1. The predicted octanol–water partition coefficient (Wildman–Crippen LogP) is 3.68. The van der Waals surface area contributed by atoms with Crippen LogP contribution in [-0.2, 0) is 5.41 Å². The van der Waals surface area contributed by atoms with Gasteiger partial charge in [-0.05, 0) is 29.2 Å². The van der Waals surface area contributed by atoms with Crippen LogP contribution in [0.3, 0.4) is 0 Å². The number of halogens is 1. The van der Waals surface area contributed by atoms with E-state index in [4.69, 9.17) is 4.74 Å². The fraction of sp³-hybridized carbons (Fsp3) is 0.357. The molecule has 0 N–H and O–H groups in total. The highest BCUT2D eigenvalue weighted by Gasteiger charge is 2.21. The van der Waals surface area contributed by atoms with Gasteiger partial charge in [0.05, 0.1) is 12.6 Å². The number of nitrogens with zero attached hydrogens (tertiary/aromatic N) is 1. The highest BCUT2D eigenvalue weighted by molar-refractivity contribution is 5.85. The number of fused-ring (bicyclic) bond motifs is 1. The highest BCUT2D eigenvalue weighted by Crippen LogP contribution is 2.33. The second-order valence-electron chi connectivity index (χ2n) is 5.08. The van der Waals surface area contributed by atoms with Gasteiger partial charge in [-0.25, -0.2) is 4.39 Å². The molecule has 2 nitrogen and oxygen atoms in total. The minimum atomic E-state index is -0.331. The molecule has 1 aromatic heterocycles. The predicted molar refractivity (Wildman–Crippen MR) is 67.0 cm³/mol. The molecule has 2 aromatic rings. The summed E-state index contributed by atoms with van der Waals surface area (Å²) >= 11 is 0. The Hall–Kier alpha value is -1.64. The summed E-state index contributed by atoms with van der Waals surface area (Å²) in [5.74, 6) is -0.0703. The van der Waals surface area contributed by atoms with Gasteiger partial charge in [-0.1, -0.05) is 20.8 Å². The van der Waals surface area contributed by atoms with E-state index >= 15 is 0 Å². The Bertz CT molecular complexity index is 558. The zero-order chi connectivity index (χ0) is 12.6. The summed E-state index contributed by atoms with van der Waals surface area (Å²) in [5.41, 5.74) is 1.48. The van der Waals surface area contributed by atoms with Gasteiger partial charge in [-0.15, -0.1) is 0 Å². The van der Waals surface area contributed by atoms with Gasteiger partial charge < -0.3 is 4.74 Å². The molecule has 1 heterocycles. The van der Waals surface area contributed by atoms with Gasteiger partial charge >= 0.3 is 0 Å². The number of hydrogen-bond donors (Lipinski definition) is 0. The number of aromatic nitrogens is 1. The molecule has 3 heteroatoms. The molecular weight excluding hydrogens is 217 g/mol. The average Bonchev–Trinajstić information content (AvgIpc) is 2.28. The average molecular weight is 233 g/mol. The van der Waals surface area contributed by atoms with Gasteiger partial charge in [0.25, 0.3) is 0 Å². The lowest BCUT2D eigenvalue weighted by Crippen LogP contribution is -2.12. The molecule has 0 bridgehead atoms. The SMILES string of the molecule is COc1ccc2nccc(C(C)(C)C)c2c1F. The van der Waals surface area contributed by atoms with Crippen molar-refractivity contribution in [2.24, 2.45) is 0 Å². The summed E-state index contributed by atoms with van der Waals surface area (Å²) in [6.45, 7) is 6.17. The van der Waals surface area contributed by atoms with Crippen LogP contribution in [-0.4, -0.2) is 12.1 Å². The Morgan fingerprint density at radius 2 is 1.88 bits per heavy atom. The van der Waals surface area contributed by atoms with E-state index in [1.54, 1.807) is 18.3 Å². The monoisotopic (exact) mass is 233 g/mol. The molecule has 0 saturated carbocycles. The van der Waals surface area contributed by atoms with Crippen molar-refractivity contribution in [1.29, 1.82) is 0 Å². The quantitative estimate of drug-likeness (QED) is 0.749. The number of pyridine rings is 1.